The van der Waals surface area contributed by atoms with Gasteiger partial charge < -0.3 is 15.7 Å². The SMILES string of the molecule is CN1CC[C@@](O)(C#Cc2cc(C#N)cc(-n3nc(C(N)=O)c4cccnc43)c2)C1=O. The highest BCUT2D eigenvalue weighted by Gasteiger charge is 2.42. The van der Waals surface area contributed by atoms with E-state index >= 15 is 0 Å². The second-order valence-corrected chi connectivity index (χ2v) is 6.97. The predicted molar refractivity (Wildman–Crippen MR) is 106 cm³/mol. The van der Waals surface area contributed by atoms with Crippen LogP contribution in [-0.4, -0.2) is 55.8 Å². The Bertz CT molecular complexity index is 1310. The maximum absolute atomic E-state index is 12.1. The molecule has 0 unspecified atom stereocenters. The van der Waals surface area contributed by atoms with Crippen molar-refractivity contribution in [2.75, 3.05) is 13.6 Å². The number of benzene rings is 1. The average Bonchev–Trinajstić information content (AvgIpc) is 3.26. The van der Waals surface area contributed by atoms with Gasteiger partial charge in [-0.15, -0.1) is 0 Å². The molecule has 3 heterocycles. The largest absolute Gasteiger partial charge is 0.369 e. The van der Waals surface area contributed by atoms with Gasteiger partial charge in [-0.05, 0) is 30.3 Å². The van der Waals surface area contributed by atoms with Crippen molar-refractivity contribution in [2.24, 2.45) is 5.73 Å². The summed E-state index contributed by atoms with van der Waals surface area (Å²) in [5.41, 5.74) is 5.27. The fourth-order valence-corrected chi connectivity index (χ4v) is 3.33. The third-order valence-electron chi connectivity index (χ3n) is 4.89. The van der Waals surface area contributed by atoms with E-state index in [-0.39, 0.29) is 12.1 Å². The number of primary amides is 1. The highest BCUT2D eigenvalue weighted by molar-refractivity contribution is 6.03. The molecule has 148 valence electrons. The molecular formula is C21H16N6O3. The quantitative estimate of drug-likeness (QED) is 0.595. The Morgan fingerprint density at radius 3 is 2.77 bits per heavy atom. The number of nitriles is 1. The second kappa shape index (κ2) is 6.99. The number of nitrogens with two attached hydrogens (primary N) is 1. The first-order chi connectivity index (χ1) is 14.3. The van der Waals surface area contributed by atoms with Gasteiger partial charge in [0.1, 0.15) is 0 Å². The molecule has 1 saturated heterocycles. The molecule has 0 radical (unpaired) electrons. The van der Waals surface area contributed by atoms with E-state index in [1.54, 1.807) is 37.5 Å². The fourth-order valence-electron chi connectivity index (χ4n) is 3.33. The van der Waals surface area contributed by atoms with Crippen molar-refractivity contribution >= 4 is 22.8 Å². The number of aliphatic hydroxyl groups is 1. The van der Waals surface area contributed by atoms with Crippen LogP contribution >= 0.6 is 0 Å². The van der Waals surface area contributed by atoms with Crippen LogP contribution < -0.4 is 5.73 Å². The molecule has 30 heavy (non-hydrogen) atoms. The first-order valence-electron chi connectivity index (χ1n) is 9.02. The van der Waals surface area contributed by atoms with Gasteiger partial charge in [-0.3, -0.25) is 9.59 Å². The summed E-state index contributed by atoms with van der Waals surface area (Å²) in [6.45, 7) is 0.411. The monoisotopic (exact) mass is 400 g/mol. The van der Waals surface area contributed by atoms with Gasteiger partial charge in [0.05, 0.1) is 22.7 Å². The van der Waals surface area contributed by atoms with E-state index in [0.29, 0.717) is 34.4 Å². The van der Waals surface area contributed by atoms with Crippen LogP contribution in [0.4, 0.5) is 0 Å². The maximum Gasteiger partial charge on any atom is 0.269 e. The number of likely N-dealkylation sites (N-methyl/N-ethyl adjacent to an activating group) is 1. The molecule has 0 aliphatic carbocycles. The van der Waals surface area contributed by atoms with E-state index in [4.69, 9.17) is 5.73 Å². The molecule has 2 aromatic heterocycles. The summed E-state index contributed by atoms with van der Waals surface area (Å²) < 4.78 is 1.41. The number of hydrogen-bond donors (Lipinski definition) is 2. The van der Waals surface area contributed by atoms with Crippen molar-refractivity contribution < 1.29 is 14.7 Å². The number of pyridine rings is 1. The summed E-state index contributed by atoms with van der Waals surface area (Å²) in [6, 6.07) is 10.1. The maximum atomic E-state index is 12.1. The number of fused-ring (bicyclic) bond motifs is 1. The number of rotatable bonds is 2. The summed E-state index contributed by atoms with van der Waals surface area (Å²) in [5, 5.41) is 24.7. The number of carbonyl (C=O) groups is 2. The number of aromatic nitrogens is 3. The van der Waals surface area contributed by atoms with Crippen LogP contribution in [0.3, 0.4) is 0 Å². The lowest BCUT2D eigenvalue weighted by Crippen LogP contribution is -2.37. The summed E-state index contributed by atoms with van der Waals surface area (Å²) in [4.78, 5) is 29.6. The normalized spacial score (nSPS) is 18.2. The van der Waals surface area contributed by atoms with E-state index in [1.165, 1.54) is 15.6 Å². The van der Waals surface area contributed by atoms with Crippen molar-refractivity contribution in [1.29, 1.82) is 5.26 Å². The minimum absolute atomic E-state index is 0.0574. The summed E-state index contributed by atoms with van der Waals surface area (Å²) >= 11 is 0. The number of nitrogens with zero attached hydrogens (tertiary/aromatic N) is 5. The smallest absolute Gasteiger partial charge is 0.269 e. The summed E-state index contributed by atoms with van der Waals surface area (Å²) in [7, 11) is 1.60. The van der Waals surface area contributed by atoms with E-state index in [2.05, 4.69) is 21.9 Å². The van der Waals surface area contributed by atoms with Crippen molar-refractivity contribution in [3.05, 3.63) is 53.3 Å². The molecule has 1 aliphatic heterocycles. The predicted octanol–water partition coefficient (Wildman–Crippen LogP) is 0.336. The molecule has 9 heteroatoms. The van der Waals surface area contributed by atoms with Gasteiger partial charge in [0.25, 0.3) is 11.8 Å². The Balaban J connectivity index is 1.84. The Labute approximate surface area is 171 Å². The molecule has 9 nitrogen and oxygen atoms in total. The third kappa shape index (κ3) is 3.13. The Morgan fingerprint density at radius 1 is 1.33 bits per heavy atom. The molecule has 1 fully saturated rings. The lowest BCUT2D eigenvalue weighted by atomic mass is 10.0. The molecule has 0 bridgehead atoms. The lowest BCUT2D eigenvalue weighted by molar-refractivity contribution is -0.137. The molecule has 3 aromatic rings. The van der Waals surface area contributed by atoms with Crippen LogP contribution in [0, 0.1) is 23.2 Å². The van der Waals surface area contributed by atoms with Gasteiger partial charge >= 0.3 is 0 Å². The van der Waals surface area contributed by atoms with E-state index in [1.807, 2.05) is 6.07 Å². The number of carbonyl (C=O) groups excluding carboxylic acids is 2. The van der Waals surface area contributed by atoms with E-state index < -0.39 is 17.4 Å². The Morgan fingerprint density at radius 2 is 2.10 bits per heavy atom. The molecule has 2 amide bonds. The number of amides is 2. The first-order valence-corrected chi connectivity index (χ1v) is 9.02. The Kier molecular flexibility index (Phi) is 4.46. The summed E-state index contributed by atoms with van der Waals surface area (Å²) in [6.07, 6.45) is 1.76. The van der Waals surface area contributed by atoms with Crippen molar-refractivity contribution in [1.82, 2.24) is 19.7 Å². The van der Waals surface area contributed by atoms with Crippen molar-refractivity contribution in [3.63, 3.8) is 0 Å². The van der Waals surface area contributed by atoms with Crippen LogP contribution in [0.25, 0.3) is 16.7 Å². The van der Waals surface area contributed by atoms with Gasteiger partial charge in [-0.2, -0.15) is 10.4 Å². The van der Waals surface area contributed by atoms with Gasteiger partial charge in [-0.1, -0.05) is 11.8 Å². The van der Waals surface area contributed by atoms with Crippen molar-refractivity contribution in [2.45, 2.75) is 12.0 Å². The minimum Gasteiger partial charge on any atom is -0.369 e. The first kappa shape index (κ1) is 19.1. The standard InChI is InChI=1S/C21H16N6O3/c1-26-8-6-21(30,20(26)29)5-4-13-9-14(12-22)11-15(10-13)27-19-16(3-2-7-24-19)17(25-27)18(23)28/h2-3,7,9-11,30H,6,8H2,1H3,(H2,23,28)/t21-/m0/s1. The summed E-state index contributed by atoms with van der Waals surface area (Å²) in [5.74, 6) is 4.26. The molecule has 0 saturated carbocycles. The molecule has 1 atom stereocenters. The highest BCUT2D eigenvalue weighted by atomic mass is 16.3. The topological polar surface area (TPSA) is 138 Å². The van der Waals surface area contributed by atoms with Crippen LogP contribution in [0.15, 0.2) is 36.5 Å². The van der Waals surface area contributed by atoms with Crippen LogP contribution in [0.1, 0.15) is 28.0 Å². The van der Waals surface area contributed by atoms with Crippen LogP contribution in [0.5, 0.6) is 0 Å². The molecule has 1 aliphatic rings. The lowest BCUT2D eigenvalue weighted by Gasteiger charge is -2.13. The van der Waals surface area contributed by atoms with Gasteiger partial charge in [0.2, 0.25) is 5.60 Å². The number of likely N-dealkylation sites (tertiary alicyclic amines) is 1. The average molecular weight is 400 g/mol. The fraction of sp³-hybridized carbons (Fsp3) is 0.190. The molecule has 4 rings (SSSR count). The third-order valence-corrected chi connectivity index (χ3v) is 4.89. The Hall–Kier alpha value is -4.21. The van der Waals surface area contributed by atoms with E-state index in [9.17, 15) is 20.0 Å². The highest BCUT2D eigenvalue weighted by Crippen LogP contribution is 2.23. The van der Waals surface area contributed by atoms with Gasteiger partial charge in [0, 0.05) is 31.8 Å². The minimum atomic E-state index is -1.75. The number of hydrogen-bond acceptors (Lipinski definition) is 6. The van der Waals surface area contributed by atoms with Crippen molar-refractivity contribution in [3.8, 4) is 23.6 Å². The van der Waals surface area contributed by atoms with Gasteiger partial charge in [-0.25, -0.2) is 9.67 Å². The zero-order valence-electron chi connectivity index (χ0n) is 16.0. The molecule has 3 N–H and O–H groups in total. The second-order valence-electron chi connectivity index (χ2n) is 6.97. The molecule has 1 aromatic carbocycles. The van der Waals surface area contributed by atoms with Crippen LogP contribution in [0.2, 0.25) is 0 Å². The van der Waals surface area contributed by atoms with E-state index in [0.717, 1.165) is 0 Å². The molecular weight excluding hydrogens is 384 g/mol. The van der Waals surface area contributed by atoms with Gasteiger partial charge in [0.15, 0.2) is 11.3 Å². The zero-order chi connectivity index (χ0) is 21.5. The zero-order valence-corrected chi connectivity index (χ0v) is 16.0. The van der Waals surface area contributed by atoms with Crippen LogP contribution in [-0.2, 0) is 4.79 Å². The molecule has 0 spiro atoms.